The number of rotatable bonds is 6. The van der Waals surface area contributed by atoms with E-state index in [2.05, 4.69) is 20.0 Å². The van der Waals surface area contributed by atoms with Gasteiger partial charge in [0.2, 0.25) is 11.8 Å². The van der Waals surface area contributed by atoms with Gasteiger partial charge >= 0.3 is 6.09 Å². The zero-order valence-electron chi connectivity index (χ0n) is 27.2. The van der Waals surface area contributed by atoms with Crippen LogP contribution in [0.25, 0.3) is 0 Å². The fourth-order valence-corrected chi connectivity index (χ4v) is 8.24. The fourth-order valence-electron chi connectivity index (χ4n) is 8.24. The molecule has 2 unspecified atom stereocenters. The van der Waals surface area contributed by atoms with Crippen molar-refractivity contribution in [1.29, 1.82) is 0 Å². The highest BCUT2D eigenvalue weighted by molar-refractivity contribution is 6.23. The molecule has 6 aliphatic rings. The molecule has 1 aromatic carbocycles. The van der Waals surface area contributed by atoms with E-state index >= 15 is 0 Å². The van der Waals surface area contributed by atoms with Crippen molar-refractivity contribution in [2.75, 3.05) is 70.3 Å². The van der Waals surface area contributed by atoms with Crippen LogP contribution in [-0.2, 0) is 14.3 Å². The molecule has 4 atom stereocenters. The van der Waals surface area contributed by atoms with Crippen LogP contribution < -0.4 is 10.2 Å². The number of carbonyl (C=O) groups is 5. The first kappa shape index (κ1) is 31.1. The molecular formula is C34H46N6O6. The van der Waals surface area contributed by atoms with E-state index in [1.807, 2.05) is 31.7 Å². The molecule has 12 nitrogen and oxygen atoms in total. The van der Waals surface area contributed by atoms with Gasteiger partial charge in [-0.25, -0.2) is 4.79 Å². The smallest absolute Gasteiger partial charge is 0.410 e. The predicted molar refractivity (Wildman–Crippen MR) is 169 cm³/mol. The first-order valence-corrected chi connectivity index (χ1v) is 17.0. The second-order valence-corrected chi connectivity index (χ2v) is 15.1. The summed E-state index contributed by atoms with van der Waals surface area (Å²) in [5.74, 6) is 0.703. The SMILES string of the molecule is CC(C)(C)OC(=O)N1C[C@@H]2C(CN3CCN(CC4CCN(c5ccc6c(c5)C(=O)N(C5CCC(=O)NC5=O)C6=O)CC4)CC3)[C@@H]2C1. The number of likely N-dealkylation sites (tertiary alicyclic amines) is 1. The van der Waals surface area contributed by atoms with Crippen LogP contribution in [0.2, 0.25) is 0 Å². The maximum atomic E-state index is 13.3. The van der Waals surface area contributed by atoms with E-state index in [0.717, 1.165) is 88.9 Å². The minimum Gasteiger partial charge on any atom is -0.444 e. The summed E-state index contributed by atoms with van der Waals surface area (Å²) in [6.07, 6.45) is 2.25. The number of hydrogen-bond acceptors (Lipinski definition) is 9. The molecule has 4 saturated heterocycles. The number of nitrogens with one attached hydrogen (secondary N) is 1. The van der Waals surface area contributed by atoms with Crippen LogP contribution in [-0.4, -0.2) is 126 Å². The lowest BCUT2D eigenvalue weighted by molar-refractivity contribution is -0.136. The summed E-state index contributed by atoms with van der Waals surface area (Å²) in [4.78, 5) is 73.1. The molecule has 0 aromatic heterocycles. The summed E-state index contributed by atoms with van der Waals surface area (Å²) in [6, 6.07) is 4.45. The minimum atomic E-state index is -0.948. The van der Waals surface area contributed by atoms with Crippen molar-refractivity contribution in [1.82, 2.24) is 24.9 Å². The average Bonchev–Trinajstić information content (AvgIpc) is 3.32. The average molecular weight is 635 g/mol. The number of benzene rings is 1. The molecule has 46 heavy (non-hydrogen) atoms. The van der Waals surface area contributed by atoms with Gasteiger partial charge in [0.05, 0.1) is 11.1 Å². The molecule has 5 heterocycles. The van der Waals surface area contributed by atoms with Gasteiger partial charge in [-0.05, 0) is 81.9 Å². The van der Waals surface area contributed by atoms with Crippen molar-refractivity contribution in [3.8, 4) is 0 Å². The maximum absolute atomic E-state index is 13.3. The van der Waals surface area contributed by atoms with Crippen molar-refractivity contribution in [3.05, 3.63) is 29.3 Å². The van der Waals surface area contributed by atoms with E-state index in [1.165, 1.54) is 0 Å². The Labute approximate surface area is 270 Å². The molecular weight excluding hydrogens is 588 g/mol. The number of ether oxygens (including phenoxy) is 1. The van der Waals surface area contributed by atoms with Gasteiger partial charge in [-0.15, -0.1) is 0 Å². The molecule has 248 valence electrons. The highest BCUT2D eigenvalue weighted by Gasteiger charge is 2.57. The molecule has 1 aromatic rings. The topological polar surface area (TPSA) is 123 Å². The van der Waals surface area contributed by atoms with Gasteiger partial charge < -0.3 is 24.3 Å². The summed E-state index contributed by atoms with van der Waals surface area (Å²) in [7, 11) is 0. The normalized spacial score (nSPS) is 29.2. The third-order valence-electron chi connectivity index (χ3n) is 10.9. The second-order valence-electron chi connectivity index (χ2n) is 15.1. The maximum Gasteiger partial charge on any atom is 0.410 e. The monoisotopic (exact) mass is 634 g/mol. The standard InChI is InChI=1S/C34H46N6O6/c1-34(2,3)46-33(45)39-19-26-25(27(26)20-39)18-37-14-12-36(13-15-37)17-21-8-10-38(11-9-21)22-4-5-23-24(16-22)32(44)40(31(23)43)28-6-7-29(41)35-30(28)42/h4-5,16,21,25-28H,6-15,17-20H2,1-3H3,(H,35,41,42)/t25?,26-,27+,28?. The summed E-state index contributed by atoms with van der Waals surface area (Å²) < 4.78 is 5.55. The quantitative estimate of drug-likeness (QED) is 0.469. The molecule has 5 amide bonds. The van der Waals surface area contributed by atoms with Crippen LogP contribution >= 0.6 is 0 Å². The Kier molecular flexibility index (Phi) is 8.07. The molecule has 1 N–H and O–H groups in total. The third-order valence-corrected chi connectivity index (χ3v) is 10.9. The van der Waals surface area contributed by atoms with Gasteiger partial charge in [-0.3, -0.25) is 29.4 Å². The number of imide groups is 2. The lowest BCUT2D eigenvalue weighted by Crippen LogP contribution is -2.54. The number of hydrogen-bond donors (Lipinski definition) is 1. The van der Waals surface area contributed by atoms with Crippen LogP contribution in [0.5, 0.6) is 0 Å². The number of piperazine rings is 1. The Morgan fingerprint density at radius 1 is 0.848 bits per heavy atom. The summed E-state index contributed by atoms with van der Waals surface area (Å²) in [5, 5.41) is 2.25. The summed E-state index contributed by atoms with van der Waals surface area (Å²) in [6.45, 7) is 15.9. The third kappa shape index (κ3) is 6.13. The zero-order valence-corrected chi connectivity index (χ0v) is 27.2. The Hall–Kier alpha value is -3.51. The zero-order chi connectivity index (χ0) is 32.3. The second kappa shape index (κ2) is 11.9. The van der Waals surface area contributed by atoms with Gasteiger partial charge in [0.15, 0.2) is 0 Å². The minimum absolute atomic E-state index is 0.110. The molecule has 0 radical (unpaired) electrons. The molecule has 5 aliphatic heterocycles. The van der Waals surface area contributed by atoms with E-state index in [-0.39, 0.29) is 24.8 Å². The van der Waals surface area contributed by atoms with Crippen LogP contribution in [0.3, 0.4) is 0 Å². The van der Waals surface area contributed by atoms with Gasteiger partial charge in [0, 0.05) is 77.6 Å². The number of anilines is 1. The van der Waals surface area contributed by atoms with Crippen LogP contribution in [0.15, 0.2) is 18.2 Å². The van der Waals surface area contributed by atoms with E-state index in [1.54, 1.807) is 12.1 Å². The van der Waals surface area contributed by atoms with Crippen molar-refractivity contribution in [3.63, 3.8) is 0 Å². The highest BCUT2D eigenvalue weighted by Crippen LogP contribution is 2.52. The van der Waals surface area contributed by atoms with Gasteiger partial charge in [-0.2, -0.15) is 0 Å². The lowest BCUT2D eigenvalue weighted by atomic mass is 9.95. The number of fused-ring (bicyclic) bond motifs is 2. The Morgan fingerprint density at radius 2 is 1.48 bits per heavy atom. The van der Waals surface area contributed by atoms with E-state index in [4.69, 9.17) is 4.74 Å². The number of carbonyl (C=O) groups excluding carboxylic acids is 5. The lowest BCUT2D eigenvalue weighted by Gasteiger charge is -2.39. The Bertz CT molecular complexity index is 1410. The molecule has 7 rings (SSSR count). The number of nitrogens with zero attached hydrogens (tertiary/aromatic N) is 5. The summed E-state index contributed by atoms with van der Waals surface area (Å²) in [5.41, 5.74) is 1.14. The van der Waals surface area contributed by atoms with E-state index in [0.29, 0.717) is 34.8 Å². The summed E-state index contributed by atoms with van der Waals surface area (Å²) >= 11 is 0. The van der Waals surface area contributed by atoms with E-state index in [9.17, 15) is 24.0 Å². The number of piperidine rings is 3. The van der Waals surface area contributed by atoms with Gasteiger partial charge in [0.1, 0.15) is 11.6 Å². The van der Waals surface area contributed by atoms with Gasteiger partial charge in [0.25, 0.3) is 11.8 Å². The van der Waals surface area contributed by atoms with Crippen LogP contribution in [0.1, 0.15) is 67.2 Å². The van der Waals surface area contributed by atoms with Gasteiger partial charge in [-0.1, -0.05) is 0 Å². The fraction of sp³-hybridized carbons (Fsp3) is 0.676. The molecule has 0 spiro atoms. The van der Waals surface area contributed by atoms with Crippen molar-refractivity contribution >= 4 is 35.4 Å². The number of amides is 5. The Balaban J connectivity index is 0.839. The Morgan fingerprint density at radius 3 is 2.11 bits per heavy atom. The molecule has 5 fully saturated rings. The molecule has 1 aliphatic carbocycles. The first-order chi connectivity index (χ1) is 21.9. The van der Waals surface area contributed by atoms with Crippen LogP contribution in [0.4, 0.5) is 10.5 Å². The molecule has 12 heteroatoms. The predicted octanol–water partition coefficient (Wildman–Crippen LogP) is 2.03. The van der Waals surface area contributed by atoms with Crippen molar-refractivity contribution < 1.29 is 28.7 Å². The van der Waals surface area contributed by atoms with Crippen molar-refractivity contribution in [2.24, 2.45) is 23.7 Å². The highest BCUT2D eigenvalue weighted by atomic mass is 16.6. The van der Waals surface area contributed by atoms with E-state index < -0.39 is 29.4 Å². The largest absolute Gasteiger partial charge is 0.444 e. The first-order valence-electron chi connectivity index (χ1n) is 17.0. The van der Waals surface area contributed by atoms with Crippen LogP contribution in [0, 0.1) is 23.7 Å². The van der Waals surface area contributed by atoms with Crippen molar-refractivity contribution in [2.45, 2.75) is 58.1 Å². The molecule has 0 bridgehead atoms. The molecule has 1 saturated carbocycles.